The second-order valence-electron chi connectivity index (χ2n) is 4.85. The van der Waals surface area contributed by atoms with Gasteiger partial charge in [-0.05, 0) is 36.4 Å². The number of benzene rings is 2. The number of hydrogen-bond donors (Lipinski definition) is 1. The minimum absolute atomic E-state index is 0.160. The quantitative estimate of drug-likeness (QED) is 0.749. The number of nitrogens with zero attached hydrogens (tertiary/aromatic N) is 1. The molecular formula is C17H17Cl2FN2O. The van der Waals surface area contributed by atoms with Crippen LogP contribution in [0.2, 0.25) is 0 Å². The maximum atomic E-state index is 13.6. The molecule has 0 unspecified atom stereocenters. The van der Waals surface area contributed by atoms with E-state index in [1.807, 2.05) is 17.0 Å². The lowest BCUT2D eigenvalue weighted by Crippen LogP contribution is -2.27. The highest BCUT2D eigenvalue weighted by Gasteiger charge is 2.10. The van der Waals surface area contributed by atoms with E-state index in [4.69, 9.17) is 23.2 Å². The Kier molecular flexibility index (Phi) is 6.68. The molecule has 3 nitrogen and oxygen atoms in total. The van der Waals surface area contributed by atoms with Crippen molar-refractivity contribution in [2.75, 3.05) is 35.1 Å². The van der Waals surface area contributed by atoms with Gasteiger partial charge in [0.25, 0.3) is 5.91 Å². The maximum Gasteiger partial charge on any atom is 0.255 e. The van der Waals surface area contributed by atoms with Crippen molar-refractivity contribution in [3.63, 3.8) is 0 Å². The summed E-state index contributed by atoms with van der Waals surface area (Å²) in [5.74, 6) is 0.162. The van der Waals surface area contributed by atoms with Crippen LogP contribution in [0.15, 0.2) is 48.5 Å². The molecule has 1 amide bonds. The van der Waals surface area contributed by atoms with Crippen LogP contribution in [-0.4, -0.2) is 30.8 Å². The first-order valence-electron chi connectivity index (χ1n) is 7.18. The Hall–Kier alpha value is -1.78. The third kappa shape index (κ3) is 4.85. The predicted octanol–water partition coefficient (Wildman–Crippen LogP) is 4.36. The van der Waals surface area contributed by atoms with Crippen LogP contribution in [0.1, 0.15) is 10.4 Å². The van der Waals surface area contributed by atoms with Gasteiger partial charge in [-0.1, -0.05) is 12.1 Å². The van der Waals surface area contributed by atoms with Crippen LogP contribution in [0.25, 0.3) is 0 Å². The molecule has 0 heterocycles. The van der Waals surface area contributed by atoms with Crippen LogP contribution in [-0.2, 0) is 0 Å². The highest BCUT2D eigenvalue weighted by atomic mass is 35.5. The number of nitrogens with one attached hydrogen (secondary N) is 1. The number of hydrogen-bond acceptors (Lipinski definition) is 2. The van der Waals surface area contributed by atoms with E-state index >= 15 is 0 Å². The van der Waals surface area contributed by atoms with Crippen LogP contribution in [0.4, 0.5) is 15.8 Å². The molecule has 0 atom stereocenters. The summed E-state index contributed by atoms with van der Waals surface area (Å²) in [6, 6.07) is 13.1. The van der Waals surface area contributed by atoms with Crippen LogP contribution >= 0.6 is 23.2 Å². The van der Waals surface area contributed by atoms with Crippen LogP contribution in [0.3, 0.4) is 0 Å². The van der Waals surface area contributed by atoms with Gasteiger partial charge in [0.15, 0.2) is 0 Å². The number of amides is 1. The van der Waals surface area contributed by atoms with E-state index in [-0.39, 0.29) is 11.6 Å². The molecule has 0 aliphatic heterocycles. The van der Waals surface area contributed by atoms with Crippen LogP contribution in [0, 0.1) is 5.82 Å². The van der Waals surface area contributed by atoms with E-state index in [1.54, 1.807) is 24.3 Å². The standard InChI is InChI=1S/C17H17Cl2FN2O/c18-9-11-22(12-10-19)14-7-5-13(6-8-14)17(23)21-16-4-2-1-3-15(16)20/h1-8H,9-12H2,(H,21,23). The first-order chi connectivity index (χ1) is 11.2. The van der Waals surface area contributed by atoms with E-state index in [1.165, 1.54) is 12.1 Å². The molecule has 0 aliphatic rings. The largest absolute Gasteiger partial charge is 0.369 e. The van der Waals surface area contributed by atoms with Crippen molar-refractivity contribution < 1.29 is 9.18 Å². The van der Waals surface area contributed by atoms with Gasteiger partial charge in [0.05, 0.1) is 5.69 Å². The zero-order valence-corrected chi connectivity index (χ0v) is 13.9. The molecule has 122 valence electrons. The van der Waals surface area contributed by atoms with E-state index in [9.17, 15) is 9.18 Å². The second-order valence-corrected chi connectivity index (χ2v) is 5.60. The van der Waals surface area contributed by atoms with Crippen molar-refractivity contribution in [3.05, 3.63) is 59.9 Å². The van der Waals surface area contributed by atoms with Crippen molar-refractivity contribution in [3.8, 4) is 0 Å². The topological polar surface area (TPSA) is 32.3 Å². The molecule has 2 rings (SSSR count). The minimum Gasteiger partial charge on any atom is -0.369 e. The zero-order chi connectivity index (χ0) is 16.7. The number of halogens is 3. The molecular weight excluding hydrogens is 338 g/mol. The summed E-state index contributed by atoms with van der Waals surface area (Å²) in [5.41, 5.74) is 1.55. The van der Waals surface area contributed by atoms with Gasteiger partial charge in [0, 0.05) is 36.1 Å². The van der Waals surface area contributed by atoms with Crippen molar-refractivity contribution in [1.82, 2.24) is 0 Å². The van der Waals surface area contributed by atoms with Gasteiger partial charge in [-0.2, -0.15) is 0 Å². The monoisotopic (exact) mass is 354 g/mol. The summed E-state index contributed by atoms with van der Waals surface area (Å²) >= 11 is 11.6. The SMILES string of the molecule is O=C(Nc1ccccc1F)c1ccc(N(CCCl)CCCl)cc1. The Bertz CT molecular complexity index is 643. The molecule has 0 aliphatic carbocycles. The summed E-state index contributed by atoms with van der Waals surface area (Å²) in [4.78, 5) is 14.2. The number of rotatable bonds is 7. The third-order valence-corrected chi connectivity index (χ3v) is 3.66. The summed E-state index contributed by atoms with van der Waals surface area (Å²) in [7, 11) is 0. The van der Waals surface area contributed by atoms with E-state index in [0.717, 1.165) is 5.69 Å². The molecule has 0 bridgehead atoms. The Morgan fingerprint density at radius 2 is 1.61 bits per heavy atom. The number of alkyl halides is 2. The Morgan fingerprint density at radius 1 is 1.00 bits per heavy atom. The average molecular weight is 355 g/mol. The van der Waals surface area contributed by atoms with Gasteiger partial charge >= 0.3 is 0 Å². The van der Waals surface area contributed by atoms with Crippen molar-refractivity contribution in [2.24, 2.45) is 0 Å². The lowest BCUT2D eigenvalue weighted by atomic mass is 10.1. The van der Waals surface area contributed by atoms with Crippen LogP contribution in [0.5, 0.6) is 0 Å². The molecule has 6 heteroatoms. The van der Waals surface area contributed by atoms with Gasteiger partial charge in [-0.15, -0.1) is 23.2 Å². The smallest absolute Gasteiger partial charge is 0.255 e. The first kappa shape index (κ1) is 17.6. The number of para-hydroxylation sites is 1. The molecule has 1 N–H and O–H groups in total. The molecule has 23 heavy (non-hydrogen) atoms. The average Bonchev–Trinajstić information content (AvgIpc) is 2.57. The number of anilines is 2. The van der Waals surface area contributed by atoms with Gasteiger partial charge in [-0.3, -0.25) is 4.79 Å². The summed E-state index contributed by atoms with van der Waals surface area (Å²) in [6.45, 7) is 1.35. The maximum absolute atomic E-state index is 13.6. The fourth-order valence-electron chi connectivity index (χ4n) is 2.15. The molecule has 0 saturated carbocycles. The van der Waals surface area contributed by atoms with Gasteiger partial charge in [0.1, 0.15) is 5.82 Å². The molecule has 0 spiro atoms. The zero-order valence-electron chi connectivity index (χ0n) is 12.4. The minimum atomic E-state index is -0.465. The Labute approximate surface area is 145 Å². The lowest BCUT2D eigenvalue weighted by Gasteiger charge is -2.22. The molecule has 0 radical (unpaired) electrons. The molecule has 2 aromatic carbocycles. The molecule has 0 aromatic heterocycles. The van der Waals surface area contributed by atoms with Crippen molar-refractivity contribution in [1.29, 1.82) is 0 Å². The normalized spacial score (nSPS) is 10.4. The number of carbonyl (C=O) groups is 1. The summed E-state index contributed by atoms with van der Waals surface area (Å²) < 4.78 is 13.6. The number of carbonyl (C=O) groups excluding carboxylic acids is 1. The van der Waals surface area contributed by atoms with Gasteiger partial charge in [-0.25, -0.2) is 4.39 Å². The second kappa shape index (κ2) is 8.75. The van der Waals surface area contributed by atoms with Crippen molar-refractivity contribution >= 4 is 40.5 Å². The first-order valence-corrected chi connectivity index (χ1v) is 8.25. The Balaban J connectivity index is 2.09. The van der Waals surface area contributed by atoms with Gasteiger partial charge in [0.2, 0.25) is 0 Å². The Morgan fingerprint density at radius 3 is 2.17 bits per heavy atom. The van der Waals surface area contributed by atoms with Gasteiger partial charge < -0.3 is 10.2 Å². The highest BCUT2D eigenvalue weighted by Crippen LogP contribution is 2.18. The fraction of sp³-hybridized carbons (Fsp3) is 0.235. The van der Waals surface area contributed by atoms with E-state index in [2.05, 4.69) is 5.32 Å². The van der Waals surface area contributed by atoms with E-state index in [0.29, 0.717) is 30.4 Å². The molecule has 0 saturated heterocycles. The third-order valence-electron chi connectivity index (χ3n) is 3.33. The van der Waals surface area contributed by atoms with E-state index < -0.39 is 5.82 Å². The molecule has 2 aromatic rings. The van der Waals surface area contributed by atoms with Crippen molar-refractivity contribution in [2.45, 2.75) is 0 Å². The predicted molar refractivity (Wildman–Crippen MR) is 94.4 cm³/mol. The van der Waals surface area contributed by atoms with Crippen LogP contribution < -0.4 is 10.2 Å². The summed E-state index contributed by atoms with van der Waals surface area (Å²) in [6.07, 6.45) is 0. The summed E-state index contributed by atoms with van der Waals surface area (Å²) in [5, 5.41) is 2.56. The highest BCUT2D eigenvalue weighted by molar-refractivity contribution is 6.18. The lowest BCUT2D eigenvalue weighted by molar-refractivity contribution is 0.102. The molecule has 0 fully saturated rings. The fourth-order valence-corrected chi connectivity index (χ4v) is 2.56.